The summed E-state index contributed by atoms with van der Waals surface area (Å²) in [6, 6.07) is 14.9. The maximum atomic E-state index is 12.3. The number of carbonyl (C=O) groups is 2. The Morgan fingerprint density at radius 3 is 2.29 bits per heavy atom. The van der Waals surface area contributed by atoms with Gasteiger partial charge in [0.2, 0.25) is 0 Å². The maximum Gasteiger partial charge on any atom is 0.337 e. The van der Waals surface area contributed by atoms with Crippen LogP contribution in [0.15, 0.2) is 48.5 Å². The zero-order chi connectivity index (χ0) is 19.9. The van der Waals surface area contributed by atoms with Crippen LogP contribution in [0, 0.1) is 0 Å². The van der Waals surface area contributed by atoms with Crippen molar-refractivity contribution in [1.82, 2.24) is 0 Å². The standard InChI is InChI=1S/C21H24ClN3O3/c1-28-21(27)17-8-6-16(7-9-17)14-24-10-12-25(13-11-24)15-20(26)23-19-5-3-2-4-18(19)22/h2-9H,10-15H2,1H3,(H,23,26)/p+2. The molecule has 0 aliphatic carbocycles. The summed E-state index contributed by atoms with van der Waals surface area (Å²) in [5, 5.41) is 3.45. The van der Waals surface area contributed by atoms with Crippen LogP contribution < -0.4 is 15.1 Å². The van der Waals surface area contributed by atoms with E-state index in [9.17, 15) is 9.59 Å². The lowest BCUT2D eigenvalue weighted by Gasteiger charge is -2.29. The van der Waals surface area contributed by atoms with Gasteiger partial charge in [-0.1, -0.05) is 35.9 Å². The molecule has 1 aliphatic rings. The van der Waals surface area contributed by atoms with Crippen molar-refractivity contribution in [1.29, 1.82) is 0 Å². The third-order valence-electron chi connectivity index (χ3n) is 5.05. The van der Waals surface area contributed by atoms with E-state index in [-0.39, 0.29) is 11.9 Å². The van der Waals surface area contributed by atoms with Gasteiger partial charge in [-0.15, -0.1) is 0 Å². The fraction of sp³-hybridized carbons (Fsp3) is 0.333. The van der Waals surface area contributed by atoms with Crippen molar-refractivity contribution in [3.8, 4) is 0 Å². The van der Waals surface area contributed by atoms with E-state index in [1.165, 1.54) is 22.5 Å². The van der Waals surface area contributed by atoms with Crippen LogP contribution >= 0.6 is 11.6 Å². The van der Waals surface area contributed by atoms with Crippen LogP contribution in [-0.2, 0) is 16.1 Å². The molecular formula is C21H26ClN3O3+2. The molecule has 0 saturated carbocycles. The molecule has 0 unspecified atom stereocenters. The molecular weight excluding hydrogens is 378 g/mol. The molecule has 2 aromatic carbocycles. The second-order valence-corrected chi connectivity index (χ2v) is 7.48. The van der Waals surface area contributed by atoms with E-state index in [2.05, 4.69) is 5.32 Å². The van der Waals surface area contributed by atoms with Gasteiger partial charge in [-0.25, -0.2) is 4.79 Å². The summed E-state index contributed by atoms with van der Waals surface area (Å²) >= 11 is 6.09. The molecule has 0 aromatic heterocycles. The zero-order valence-electron chi connectivity index (χ0n) is 16.0. The number of quaternary nitrogens is 2. The number of rotatable bonds is 6. The highest BCUT2D eigenvalue weighted by Gasteiger charge is 2.25. The molecule has 6 nitrogen and oxygen atoms in total. The Morgan fingerprint density at radius 2 is 1.64 bits per heavy atom. The first-order valence-corrected chi connectivity index (χ1v) is 9.81. The minimum atomic E-state index is -0.314. The molecule has 0 radical (unpaired) electrons. The molecule has 148 valence electrons. The third-order valence-corrected chi connectivity index (χ3v) is 5.38. The van der Waals surface area contributed by atoms with Crippen LogP contribution in [0.3, 0.4) is 0 Å². The van der Waals surface area contributed by atoms with Crippen LogP contribution in [0.5, 0.6) is 0 Å². The number of benzene rings is 2. The van der Waals surface area contributed by atoms with E-state index < -0.39 is 0 Å². The highest BCUT2D eigenvalue weighted by atomic mass is 35.5. The lowest BCUT2D eigenvalue weighted by Crippen LogP contribution is -3.28. The number of nitrogens with one attached hydrogen (secondary N) is 3. The van der Waals surface area contributed by atoms with E-state index in [1.54, 1.807) is 18.2 Å². The number of methoxy groups -OCH3 is 1. The molecule has 1 heterocycles. The van der Waals surface area contributed by atoms with Crippen molar-refractivity contribution in [2.45, 2.75) is 6.54 Å². The summed E-state index contributed by atoms with van der Waals surface area (Å²) in [5.74, 6) is -0.323. The van der Waals surface area contributed by atoms with E-state index in [1.807, 2.05) is 30.3 Å². The zero-order valence-corrected chi connectivity index (χ0v) is 16.7. The predicted octanol–water partition coefficient (Wildman–Crippen LogP) is 0.0487. The Hall–Kier alpha value is -2.41. The fourth-order valence-corrected chi connectivity index (χ4v) is 3.64. The van der Waals surface area contributed by atoms with Crippen LogP contribution in [0.4, 0.5) is 5.69 Å². The van der Waals surface area contributed by atoms with Crippen molar-refractivity contribution >= 4 is 29.2 Å². The van der Waals surface area contributed by atoms with Crippen molar-refractivity contribution in [2.24, 2.45) is 0 Å². The molecule has 0 atom stereocenters. The summed E-state index contributed by atoms with van der Waals surface area (Å²) in [4.78, 5) is 26.6. The monoisotopic (exact) mass is 403 g/mol. The predicted molar refractivity (Wildman–Crippen MR) is 108 cm³/mol. The van der Waals surface area contributed by atoms with Crippen molar-refractivity contribution in [3.05, 3.63) is 64.7 Å². The smallest absolute Gasteiger partial charge is 0.337 e. The molecule has 3 rings (SSSR count). The molecule has 1 amide bonds. The van der Waals surface area contributed by atoms with Gasteiger partial charge in [0, 0.05) is 5.56 Å². The maximum absolute atomic E-state index is 12.3. The lowest BCUT2D eigenvalue weighted by atomic mass is 10.1. The Balaban J connectivity index is 1.43. The number of esters is 1. The summed E-state index contributed by atoms with van der Waals surface area (Å²) in [6.45, 7) is 5.28. The van der Waals surface area contributed by atoms with Crippen LogP contribution in [0.1, 0.15) is 15.9 Å². The lowest BCUT2D eigenvalue weighted by molar-refractivity contribution is -1.02. The van der Waals surface area contributed by atoms with Crippen LogP contribution in [-0.4, -0.2) is 51.7 Å². The van der Waals surface area contributed by atoms with Gasteiger partial charge >= 0.3 is 5.97 Å². The van der Waals surface area contributed by atoms with Gasteiger partial charge in [0.25, 0.3) is 5.91 Å². The molecule has 1 fully saturated rings. The number of halogens is 1. The second kappa shape index (κ2) is 9.68. The van der Waals surface area contributed by atoms with Gasteiger partial charge < -0.3 is 19.9 Å². The van der Waals surface area contributed by atoms with Crippen LogP contribution in [0.25, 0.3) is 0 Å². The second-order valence-electron chi connectivity index (χ2n) is 7.07. The Kier molecular flexibility index (Phi) is 7.03. The Labute approximate surface area is 170 Å². The normalized spacial score (nSPS) is 19.1. The van der Waals surface area contributed by atoms with Gasteiger partial charge in [-0.2, -0.15) is 0 Å². The van der Waals surface area contributed by atoms with Gasteiger partial charge in [0.05, 0.1) is 23.4 Å². The van der Waals surface area contributed by atoms with E-state index in [0.29, 0.717) is 22.8 Å². The minimum Gasteiger partial charge on any atom is -0.465 e. The molecule has 1 aliphatic heterocycles. The van der Waals surface area contributed by atoms with Gasteiger partial charge in [0.15, 0.2) is 6.54 Å². The quantitative estimate of drug-likeness (QED) is 0.597. The van der Waals surface area contributed by atoms with Crippen molar-refractivity contribution in [3.63, 3.8) is 0 Å². The number of hydrogen-bond donors (Lipinski definition) is 3. The number of carbonyl (C=O) groups excluding carboxylic acids is 2. The van der Waals surface area contributed by atoms with Crippen molar-refractivity contribution in [2.75, 3.05) is 45.2 Å². The number of ether oxygens (including phenoxy) is 1. The topological polar surface area (TPSA) is 64.3 Å². The highest BCUT2D eigenvalue weighted by Crippen LogP contribution is 2.19. The summed E-state index contributed by atoms with van der Waals surface area (Å²) in [7, 11) is 1.39. The van der Waals surface area contributed by atoms with Gasteiger partial charge in [-0.3, -0.25) is 4.79 Å². The first kappa shape index (κ1) is 20.3. The van der Waals surface area contributed by atoms with E-state index in [0.717, 1.165) is 32.7 Å². The van der Waals surface area contributed by atoms with Crippen LogP contribution in [0.2, 0.25) is 5.02 Å². The third kappa shape index (κ3) is 5.55. The summed E-state index contributed by atoms with van der Waals surface area (Å²) in [5.41, 5.74) is 2.43. The molecule has 7 heteroatoms. The highest BCUT2D eigenvalue weighted by molar-refractivity contribution is 6.33. The average Bonchev–Trinajstić information content (AvgIpc) is 2.71. The van der Waals surface area contributed by atoms with E-state index >= 15 is 0 Å². The number of anilines is 1. The largest absolute Gasteiger partial charge is 0.465 e. The fourth-order valence-electron chi connectivity index (χ4n) is 3.46. The number of amides is 1. The Morgan fingerprint density at radius 1 is 1.00 bits per heavy atom. The van der Waals surface area contributed by atoms with E-state index in [4.69, 9.17) is 16.3 Å². The molecule has 0 bridgehead atoms. The summed E-state index contributed by atoms with van der Waals surface area (Å²) in [6.07, 6.45) is 0. The Bertz CT molecular complexity index is 818. The van der Waals surface area contributed by atoms with Gasteiger partial charge in [0.1, 0.15) is 32.7 Å². The number of hydrogen-bond acceptors (Lipinski definition) is 3. The summed E-state index contributed by atoms with van der Waals surface area (Å²) < 4.78 is 4.73. The van der Waals surface area contributed by atoms with Gasteiger partial charge in [-0.05, 0) is 24.3 Å². The van der Waals surface area contributed by atoms with Crippen molar-refractivity contribution < 1.29 is 24.1 Å². The SMILES string of the molecule is COC(=O)c1ccc(C[NH+]2CC[NH+](CC(=O)Nc3ccccc3Cl)CC2)cc1. The minimum absolute atomic E-state index is 0.00931. The molecule has 28 heavy (non-hydrogen) atoms. The molecule has 3 N–H and O–H groups in total. The molecule has 2 aromatic rings. The molecule has 1 saturated heterocycles. The molecule has 0 spiro atoms. The first-order chi connectivity index (χ1) is 13.5. The number of para-hydroxylation sites is 1. The number of piperazine rings is 1. The first-order valence-electron chi connectivity index (χ1n) is 9.44. The average molecular weight is 404 g/mol.